The summed E-state index contributed by atoms with van der Waals surface area (Å²) in [6.07, 6.45) is 0.385. The van der Waals surface area contributed by atoms with Crippen LogP contribution in [0.4, 0.5) is 13.2 Å². The number of halogens is 3. The first-order chi connectivity index (χ1) is 19.3. The third kappa shape index (κ3) is 7.43. The van der Waals surface area contributed by atoms with Gasteiger partial charge in [-0.15, -0.1) is 0 Å². The number of amides is 1. The number of pyridine rings is 2. The average Bonchev–Trinajstić information content (AvgIpc) is 2.93. The van der Waals surface area contributed by atoms with E-state index in [1.165, 1.54) is 0 Å². The van der Waals surface area contributed by atoms with E-state index >= 15 is 0 Å². The number of nitrogens with two attached hydrogens (primary N) is 1. The van der Waals surface area contributed by atoms with Gasteiger partial charge in [-0.3, -0.25) is 9.78 Å². The summed E-state index contributed by atoms with van der Waals surface area (Å²) in [5.41, 5.74) is 6.43. The van der Waals surface area contributed by atoms with Crippen LogP contribution in [0.3, 0.4) is 0 Å². The Morgan fingerprint density at radius 1 is 1.00 bits per heavy atom. The number of alkyl halides is 3. The second kappa shape index (κ2) is 13.2. The van der Waals surface area contributed by atoms with E-state index in [0.29, 0.717) is 47.8 Å². The number of ether oxygens (including phenoxy) is 2. The smallest absolute Gasteiger partial charge is 0.416 e. The van der Waals surface area contributed by atoms with Gasteiger partial charge < -0.3 is 20.5 Å². The molecule has 0 radical (unpaired) electrons. The van der Waals surface area contributed by atoms with Crippen molar-refractivity contribution in [1.82, 2.24) is 15.3 Å². The third-order valence-corrected chi connectivity index (χ3v) is 6.20. The molecule has 0 aliphatic carbocycles. The number of hydrogen-bond donors (Lipinski definition) is 2. The number of nitriles is 1. The van der Waals surface area contributed by atoms with Crippen LogP contribution in [-0.2, 0) is 23.9 Å². The molecule has 40 heavy (non-hydrogen) atoms. The van der Waals surface area contributed by atoms with Crippen LogP contribution in [0.1, 0.15) is 39.9 Å². The summed E-state index contributed by atoms with van der Waals surface area (Å²) in [6.45, 7) is 1.99. The molecule has 2 aromatic heterocycles. The van der Waals surface area contributed by atoms with Gasteiger partial charge in [0.15, 0.2) is 0 Å². The predicted molar refractivity (Wildman–Crippen MR) is 144 cm³/mol. The number of unbranched alkanes of at least 4 members (excludes halogenated alkanes) is 1. The number of nitrogens with one attached hydrogen (secondary N) is 1. The molecular weight excluding hydrogens is 523 g/mol. The van der Waals surface area contributed by atoms with Crippen LogP contribution in [0.2, 0.25) is 0 Å². The van der Waals surface area contributed by atoms with Gasteiger partial charge in [0.05, 0.1) is 30.2 Å². The molecule has 2 aromatic carbocycles. The molecule has 0 aliphatic heterocycles. The molecule has 2 heterocycles. The Balaban J connectivity index is 1.20. The number of rotatable bonds is 13. The van der Waals surface area contributed by atoms with E-state index in [2.05, 4.69) is 15.3 Å². The standard InChI is InChI=1S/C29H28F3N5O3/c30-29(31,32)22-14-19(5-7-33)13-20(15-22)17-35-8-1-2-10-39-11-12-40-28-24-6-9-36-18-25(24)23-4-3-21(27(34)38)16-26(23)37-28/h3-4,6,9,13-16,18,35H,1-2,5,8,10-12,17H2,(H2,34,38). The number of carbonyl (C=O) groups excluding carboxylic acids is 1. The van der Waals surface area contributed by atoms with E-state index in [-0.39, 0.29) is 19.6 Å². The van der Waals surface area contributed by atoms with Gasteiger partial charge in [-0.25, -0.2) is 4.98 Å². The van der Waals surface area contributed by atoms with Crippen molar-refractivity contribution in [2.45, 2.75) is 32.0 Å². The molecular formula is C29H28F3N5O3. The Labute approximate surface area is 228 Å². The number of nitrogens with zero attached hydrogens (tertiary/aromatic N) is 3. The van der Waals surface area contributed by atoms with Crippen LogP contribution in [0.5, 0.6) is 5.88 Å². The van der Waals surface area contributed by atoms with Crippen LogP contribution in [0, 0.1) is 11.3 Å². The first kappa shape index (κ1) is 28.7. The number of fused-ring (bicyclic) bond motifs is 3. The maximum Gasteiger partial charge on any atom is 0.416 e. The van der Waals surface area contributed by atoms with E-state index in [1.807, 2.05) is 12.1 Å². The van der Waals surface area contributed by atoms with Crippen molar-refractivity contribution >= 4 is 27.6 Å². The molecule has 3 N–H and O–H groups in total. The normalized spacial score (nSPS) is 11.6. The van der Waals surface area contributed by atoms with E-state index in [4.69, 9.17) is 20.5 Å². The largest absolute Gasteiger partial charge is 0.475 e. The van der Waals surface area contributed by atoms with Crippen LogP contribution in [0.25, 0.3) is 21.7 Å². The topological polar surface area (TPSA) is 123 Å². The second-order valence-electron chi connectivity index (χ2n) is 9.15. The lowest BCUT2D eigenvalue weighted by atomic mass is 10.0. The predicted octanol–water partition coefficient (Wildman–Crippen LogP) is 4.93. The Kier molecular flexibility index (Phi) is 9.47. The van der Waals surface area contributed by atoms with E-state index < -0.39 is 17.6 Å². The second-order valence-corrected chi connectivity index (χ2v) is 9.15. The zero-order valence-corrected chi connectivity index (χ0v) is 21.6. The minimum atomic E-state index is -4.45. The fourth-order valence-corrected chi connectivity index (χ4v) is 4.29. The lowest BCUT2D eigenvalue weighted by Crippen LogP contribution is -2.17. The van der Waals surface area contributed by atoms with Crippen molar-refractivity contribution in [3.8, 4) is 11.9 Å². The third-order valence-electron chi connectivity index (χ3n) is 6.20. The van der Waals surface area contributed by atoms with Gasteiger partial charge in [0, 0.05) is 47.3 Å². The maximum atomic E-state index is 13.1. The van der Waals surface area contributed by atoms with Crippen molar-refractivity contribution in [2.24, 2.45) is 5.73 Å². The number of benzene rings is 2. The Morgan fingerprint density at radius 2 is 1.82 bits per heavy atom. The average molecular weight is 552 g/mol. The fourth-order valence-electron chi connectivity index (χ4n) is 4.29. The molecule has 0 saturated heterocycles. The molecule has 4 aromatic rings. The Bertz CT molecular complexity index is 1540. The van der Waals surface area contributed by atoms with E-state index in [1.54, 1.807) is 36.7 Å². The van der Waals surface area contributed by atoms with Crippen molar-refractivity contribution in [1.29, 1.82) is 5.26 Å². The maximum absolute atomic E-state index is 13.1. The van der Waals surface area contributed by atoms with Crippen LogP contribution in [-0.4, -0.2) is 42.2 Å². The summed E-state index contributed by atoms with van der Waals surface area (Å²) in [5.74, 6) is -0.131. The summed E-state index contributed by atoms with van der Waals surface area (Å²) < 4.78 is 50.9. The molecule has 0 saturated carbocycles. The highest BCUT2D eigenvalue weighted by atomic mass is 19.4. The van der Waals surface area contributed by atoms with Gasteiger partial charge >= 0.3 is 6.18 Å². The summed E-state index contributed by atoms with van der Waals surface area (Å²) in [4.78, 5) is 20.3. The lowest BCUT2D eigenvalue weighted by Gasteiger charge is -2.12. The summed E-state index contributed by atoms with van der Waals surface area (Å²) in [7, 11) is 0. The molecule has 0 fully saturated rings. The van der Waals surface area contributed by atoms with Crippen molar-refractivity contribution in [3.63, 3.8) is 0 Å². The van der Waals surface area contributed by atoms with E-state index in [9.17, 15) is 18.0 Å². The number of hydrogen-bond acceptors (Lipinski definition) is 7. The molecule has 4 rings (SSSR count). The molecule has 11 heteroatoms. The molecule has 0 bridgehead atoms. The van der Waals surface area contributed by atoms with Gasteiger partial charge in [-0.1, -0.05) is 12.1 Å². The molecule has 1 amide bonds. The number of carbonyl (C=O) groups is 1. The number of aromatic nitrogens is 2. The van der Waals surface area contributed by atoms with Gasteiger partial charge in [0.25, 0.3) is 0 Å². The zero-order valence-electron chi connectivity index (χ0n) is 21.6. The highest BCUT2D eigenvalue weighted by molar-refractivity contribution is 6.09. The van der Waals surface area contributed by atoms with Crippen LogP contribution in [0.15, 0.2) is 54.9 Å². The van der Waals surface area contributed by atoms with Gasteiger partial charge in [0.2, 0.25) is 11.8 Å². The first-order valence-corrected chi connectivity index (χ1v) is 12.7. The van der Waals surface area contributed by atoms with E-state index in [0.717, 1.165) is 41.1 Å². The van der Waals surface area contributed by atoms with Crippen molar-refractivity contribution in [3.05, 3.63) is 77.1 Å². The molecule has 0 spiro atoms. The molecule has 0 unspecified atom stereocenters. The zero-order chi connectivity index (χ0) is 28.5. The Hall–Kier alpha value is -4.27. The molecule has 8 nitrogen and oxygen atoms in total. The van der Waals surface area contributed by atoms with Gasteiger partial charge in [-0.2, -0.15) is 18.4 Å². The minimum Gasteiger partial charge on any atom is -0.475 e. The Morgan fingerprint density at radius 3 is 2.60 bits per heavy atom. The fraction of sp³-hybridized carbons (Fsp3) is 0.310. The SMILES string of the molecule is N#CCc1cc(CNCCCCOCCOc2nc3cc(C(N)=O)ccc3c3cnccc23)cc(C(F)(F)F)c1. The summed E-state index contributed by atoms with van der Waals surface area (Å²) in [5, 5.41) is 14.4. The first-order valence-electron chi connectivity index (χ1n) is 12.7. The van der Waals surface area contributed by atoms with Crippen LogP contribution < -0.4 is 15.8 Å². The highest BCUT2D eigenvalue weighted by Crippen LogP contribution is 2.32. The van der Waals surface area contributed by atoms with Gasteiger partial charge in [-0.05, 0) is 60.8 Å². The van der Waals surface area contributed by atoms with Crippen molar-refractivity contribution < 1.29 is 27.4 Å². The summed E-state index contributed by atoms with van der Waals surface area (Å²) >= 11 is 0. The lowest BCUT2D eigenvalue weighted by molar-refractivity contribution is -0.137. The van der Waals surface area contributed by atoms with Crippen molar-refractivity contribution in [2.75, 3.05) is 26.4 Å². The quantitative estimate of drug-likeness (QED) is 0.178. The minimum absolute atomic E-state index is 0.0709. The highest BCUT2D eigenvalue weighted by Gasteiger charge is 2.31. The number of primary amides is 1. The monoisotopic (exact) mass is 551 g/mol. The van der Waals surface area contributed by atoms with Gasteiger partial charge in [0.1, 0.15) is 6.61 Å². The molecule has 0 aliphatic rings. The summed E-state index contributed by atoms with van der Waals surface area (Å²) in [6, 6.07) is 12.5. The molecule has 0 atom stereocenters. The van der Waals surface area contributed by atoms with Crippen LogP contribution >= 0.6 is 0 Å². The molecule has 208 valence electrons.